The van der Waals surface area contributed by atoms with Crippen LogP contribution in [-0.2, 0) is 16.1 Å². The van der Waals surface area contributed by atoms with Gasteiger partial charge >= 0.3 is 18.1 Å². The minimum atomic E-state index is -4.31. The summed E-state index contributed by atoms with van der Waals surface area (Å²) in [5.74, 6) is -1.66. The van der Waals surface area contributed by atoms with E-state index in [2.05, 4.69) is 20.7 Å². The zero-order valence-electron chi connectivity index (χ0n) is 16.1. The Morgan fingerprint density at radius 2 is 1.84 bits per heavy atom. The maximum atomic E-state index is 12.7. The third-order valence-corrected chi connectivity index (χ3v) is 3.81. The molecule has 0 saturated heterocycles. The van der Waals surface area contributed by atoms with Gasteiger partial charge in [-0.1, -0.05) is 18.2 Å². The van der Waals surface area contributed by atoms with Crippen LogP contribution in [0.2, 0.25) is 0 Å². The lowest BCUT2D eigenvalue weighted by molar-refractivity contribution is -0.142. The van der Waals surface area contributed by atoms with Gasteiger partial charge in [-0.15, -0.1) is 0 Å². The molecule has 1 aromatic carbocycles. The zero-order valence-corrected chi connectivity index (χ0v) is 16.1. The van der Waals surface area contributed by atoms with Crippen molar-refractivity contribution in [3.63, 3.8) is 0 Å². The van der Waals surface area contributed by atoms with Crippen LogP contribution >= 0.6 is 0 Å². The number of aliphatic carboxylic acids is 2. The standard InChI is InChI=1S/C15H16F3N5.C4H4O4/c16-15(17,18)10-23-13(5-6-22-23)11-3-1-2-4-12(11)21-9-14-19-7-8-20-14;5-3(6)1-2-4(7)8/h1-6,21H,7-10H2,(H,19,20);1-2H,(H,5,6)(H,7,8)/b;2-1+. The maximum absolute atomic E-state index is 12.7. The Bertz CT molecular complexity index is 953. The molecule has 9 nitrogen and oxygen atoms in total. The maximum Gasteiger partial charge on any atom is 0.408 e. The van der Waals surface area contributed by atoms with E-state index in [4.69, 9.17) is 10.2 Å². The minimum Gasteiger partial charge on any atom is -0.478 e. The van der Waals surface area contributed by atoms with Gasteiger partial charge in [0.2, 0.25) is 0 Å². The van der Waals surface area contributed by atoms with Gasteiger partial charge in [0.1, 0.15) is 12.4 Å². The van der Waals surface area contributed by atoms with Crippen LogP contribution in [-0.4, -0.2) is 63.6 Å². The Morgan fingerprint density at radius 1 is 1.16 bits per heavy atom. The number of alkyl halides is 3. The number of anilines is 1. The molecule has 1 aliphatic heterocycles. The third kappa shape index (κ3) is 8.20. The number of benzene rings is 1. The summed E-state index contributed by atoms with van der Waals surface area (Å²) in [6.45, 7) is 0.955. The van der Waals surface area contributed by atoms with Gasteiger partial charge < -0.3 is 20.8 Å². The van der Waals surface area contributed by atoms with Crippen LogP contribution in [0.1, 0.15) is 0 Å². The van der Waals surface area contributed by atoms with Crippen molar-refractivity contribution in [3.05, 3.63) is 48.7 Å². The molecule has 2 aromatic rings. The van der Waals surface area contributed by atoms with Crippen LogP contribution in [0, 0.1) is 0 Å². The first-order chi connectivity index (χ1) is 14.7. The third-order valence-electron chi connectivity index (χ3n) is 3.81. The molecule has 31 heavy (non-hydrogen) atoms. The Kier molecular flexibility index (Phi) is 8.17. The highest BCUT2D eigenvalue weighted by Gasteiger charge is 2.29. The summed E-state index contributed by atoms with van der Waals surface area (Å²) in [5.41, 5.74) is 1.84. The van der Waals surface area contributed by atoms with Gasteiger partial charge in [-0.05, 0) is 12.1 Å². The number of hydrogen-bond acceptors (Lipinski definition) is 6. The van der Waals surface area contributed by atoms with Gasteiger partial charge in [0, 0.05) is 36.1 Å². The number of nitrogens with one attached hydrogen (secondary N) is 2. The molecule has 2 heterocycles. The molecule has 0 aliphatic carbocycles. The SMILES string of the molecule is FC(F)(F)Cn1nccc1-c1ccccc1NCC1=NCCN1.O=C(O)/C=C/C(=O)O. The molecule has 1 aromatic heterocycles. The number of hydrogen-bond donors (Lipinski definition) is 4. The first kappa shape index (κ1) is 23.4. The highest BCUT2D eigenvalue weighted by atomic mass is 19.4. The Morgan fingerprint density at radius 3 is 2.42 bits per heavy atom. The van der Waals surface area contributed by atoms with E-state index in [0.29, 0.717) is 30.0 Å². The van der Waals surface area contributed by atoms with Crippen LogP contribution in [0.4, 0.5) is 18.9 Å². The molecule has 12 heteroatoms. The number of aliphatic imine (C=N–C) groups is 1. The van der Waals surface area contributed by atoms with Crippen molar-refractivity contribution in [2.45, 2.75) is 12.7 Å². The number of amidine groups is 1. The molecule has 0 radical (unpaired) electrons. The van der Waals surface area contributed by atoms with E-state index in [1.54, 1.807) is 18.2 Å². The fourth-order valence-corrected chi connectivity index (χ4v) is 2.60. The normalized spacial score (nSPS) is 13.2. The van der Waals surface area contributed by atoms with Crippen LogP contribution in [0.15, 0.2) is 53.7 Å². The fraction of sp³-hybridized carbons (Fsp3) is 0.263. The van der Waals surface area contributed by atoms with Gasteiger partial charge in [0.15, 0.2) is 0 Å². The fourth-order valence-electron chi connectivity index (χ4n) is 2.60. The van der Waals surface area contributed by atoms with Crippen molar-refractivity contribution in [2.75, 3.05) is 25.0 Å². The molecule has 0 amide bonds. The number of para-hydroxylation sites is 1. The number of carboxylic acids is 2. The van der Waals surface area contributed by atoms with E-state index in [1.165, 1.54) is 6.20 Å². The second-order valence-corrected chi connectivity index (χ2v) is 6.15. The molecule has 0 spiro atoms. The van der Waals surface area contributed by atoms with Crippen molar-refractivity contribution in [3.8, 4) is 11.3 Å². The molecule has 166 valence electrons. The molecular weight excluding hydrogens is 419 g/mol. The van der Waals surface area contributed by atoms with Crippen molar-refractivity contribution in [1.82, 2.24) is 15.1 Å². The predicted molar refractivity (Wildman–Crippen MR) is 107 cm³/mol. The second kappa shape index (κ2) is 10.8. The average molecular weight is 439 g/mol. The summed E-state index contributed by atoms with van der Waals surface area (Å²) in [5, 5.41) is 25.8. The number of nitrogens with zero attached hydrogens (tertiary/aromatic N) is 3. The van der Waals surface area contributed by atoms with E-state index in [-0.39, 0.29) is 0 Å². The average Bonchev–Trinajstić information content (AvgIpc) is 3.36. The van der Waals surface area contributed by atoms with E-state index < -0.39 is 24.7 Å². The van der Waals surface area contributed by atoms with E-state index in [0.717, 1.165) is 29.3 Å². The second-order valence-electron chi connectivity index (χ2n) is 6.15. The van der Waals surface area contributed by atoms with Gasteiger partial charge in [-0.3, -0.25) is 9.67 Å². The molecular formula is C19H20F3N5O4. The highest BCUT2D eigenvalue weighted by Crippen LogP contribution is 2.29. The Balaban J connectivity index is 0.000000366. The largest absolute Gasteiger partial charge is 0.478 e. The van der Waals surface area contributed by atoms with Crippen LogP contribution < -0.4 is 10.6 Å². The molecule has 4 N–H and O–H groups in total. The molecule has 0 atom stereocenters. The number of halogens is 3. The van der Waals surface area contributed by atoms with Crippen molar-refractivity contribution >= 4 is 23.5 Å². The Labute approximate surface area is 174 Å². The van der Waals surface area contributed by atoms with Gasteiger partial charge in [-0.25, -0.2) is 9.59 Å². The first-order valence-electron chi connectivity index (χ1n) is 8.98. The number of carbonyl (C=O) groups is 2. The lowest BCUT2D eigenvalue weighted by atomic mass is 10.1. The summed E-state index contributed by atoms with van der Waals surface area (Å²) in [6.07, 6.45) is -1.82. The van der Waals surface area contributed by atoms with Crippen molar-refractivity contribution in [2.24, 2.45) is 4.99 Å². The smallest absolute Gasteiger partial charge is 0.408 e. The summed E-state index contributed by atoms with van der Waals surface area (Å²) in [6, 6.07) is 8.81. The molecule has 0 bridgehead atoms. The van der Waals surface area contributed by atoms with Crippen molar-refractivity contribution < 1.29 is 33.0 Å². The lowest BCUT2D eigenvalue weighted by Gasteiger charge is -2.15. The van der Waals surface area contributed by atoms with E-state index in [1.807, 2.05) is 12.1 Å². The number of aromatic nitrogens is 2. The summed E-state index contributed by atoms with van der Waals surface area (Å²) < 4.78 is 39.0. The highest BCUT2D eigenvalue weighted by molar-refractivity contribution is 5.90. The summed E-state index contributed by atoms with van der Waals surface area (Å²) >= 11 is 0. The first-order valence-corrected chi connectivity index (χ1v) is 8.98. The number of carboxylic acid groups (broad SMARTS) is 2. The summed E-state index contributed by atoms with van der Waals surface area (Å²) in [4.78, 5) is 23.4. The monoisotopic (exact) mass is 439 g/mol. The summed E-state index contributed by atoms with van der Waals surface area (Å²) in [7, 11) is 0. The topological polar surface area (TPSA) is 129 Å². The molecule has 0 saturated carbocycles. The molecule has 1 aliphatic rings. The van der Waals surface area contributed by atoms with Gasteiger partial charge in [0.05, 0.1) is 18.8 Å². The minimum absolute atomic E-state index is 0.423. The van der Waals surface area contributed by atoms with Crippen molar-refractivity contribution in [1.29, 1.82) is 0 Å². The van der Waals surface area contributed by atoms with E-state index >= 15 is 0 Å². The quantitative estimate of drug-likeness (QED) is 0.487. The van der Waals surface area contributed by atoms with Gasteiger partial charge in [0.25, 0.3) is 0 Å². The molecule has 0 unspecified atom stereocenters. The predicted octanol–water partition coefficient (Wildman–Crippen LogP) is 2.24. The molecule has 0 fully saturated rings. The zero-order chi connectivity index (χ0) is 22.9. The van der Waals surface area contributed by atoms with Crippen LogP contribution in [0.25, 0.3) is 11.3 Å². The Hall–Kier alpha value is -3.83. The van der Waals surface area contributed by atoms with Crippen LogP contribution in [0.5, 0.6) is 0 Å². The molecule has 3 rings (SSSR count). The van der Waals surface area contributed by atoms with Crippen LogP contribution in [0.3, 0.4) is 0 Å². The van der Waals surface area contributed by atoms with E-state index in [9.17, 15) is 22.8 Å². The lowest BCUT2D eigenvalue weighted by Crippen LogP contribution is -2.26. The van der Waals surface area contributed by atoms with Gasteiger partial charge in [-0.2, -0.15) is 18.3 Å². The number of rotatable bonds is 7.